The normalized spacial score (nSPS) is 14.0. The van der Waals surface area contributed by atoms with Crippen LogP contribution in [0.2, 0.25) is 0 Å². The summed E-state index contributed by atoms with van der Waals surface area (Å²) < 4.78 is 27.2. The lowest BCUT2D eigenvalue weighted by atomic mass is 10.1. The van der Waals surface area contributed by atoms with E-state index in [-0.39, 0.29) is 11.6 Å². The number of benzene rings is 1. The number of halogens is 2. The first-order chi connectivity index (χ1) is 14.1. The molecular formula is C20H18F2N6O. The molecule has 29 heavy (non-hydrogen) atoms. The molecule has 2 aromatic heterocycles. The molecular weight excluding hydrogens is 378 g/mol. The molecule has 0 spiro atoms. The molecule has 1 saturated heterocycles. The van der Waals surface area contributed by atoms with Gasteiger partial charge in [0.1, 0.15) is 23.8 Å². The molecule has 3 heterocycles. The van der Waals surface area contributed by atoms with Crippen LogP contribution in [0.5, 0.6) is 0 Å². The van der Waals surface area contributed by atoms with Gasteiger partial charge < -0.3 is 15.1 Å². The Balaban J connectivity index is 1.42. The van der Waals surface area contributed by atoms with Gasteiger partial charge in [0.05, 0.1) is 17.6 Å². The van der Waals surface area contributed by atoms with Crippen molar-refractivity contribution in [3.8, 4) is 11.3 Å². The van der Waals surface area contributed by atoms with E-state index in [0.29, 0.717) is 43.4 Å². The van der Waals surface area contributed by atoms with Gasteiger partial charge in [0.15, 0.2) is 0 Å². The van der Waals surface area contributed by atoms with Gasteiger partial charge in [0.25, 0.3) is 0 Å². The summed E-state index contributed by atoms with van der Waals surface area (Å²) in [5.74, 6) is -0.682. The lowest BCUT2D eigenvalue weighted by Gasteiger charge is -2.35. The van der Waals surface area contributed by atoms with E-state index in [4.69, 9.17) is 0 Å². The smallest absolute Gasteiger partial charge is 0.322 e. The third-order valence-electron chi connectivity index (χ3n) is 4.66. The fourth-order valence-electron chi connectivity index (χ4n) is 3.14. The van der Waals surface area contributed by atoms with E-state index in [0.717, 1.165) is 6.07 Å². The molecule has 2 amide bonds. The Hall–Kier alpha value is -3.62. The molecule has 4 rings (SSSR count). The fraction of sp³-hybridized carbons (Fsp3) is 0.200. The molecule has 148 valence electrons. The van der Waals surface area contributed by atoms with Gasteiger partial charge in [0, 0.05) is 50.1 Å². The maximum atomic E-state index is 14.1. The number of nitrogens with one attached hydrogen (secondary N) is 1. The molecule has 3 aromatic rings. The quantitative estimate of drug-likeness (QED) is 0.736. The number of carbonyl (C=O) groups excluding carboxylic acids is 1. The topological polar surface area (TPSA) is 74.2 Å². The van der Waals surface area contributed by atoms with E-state index in [1.165, 1.54) is 18.5 Å². The highest BCUT2D eigenvalue weighted by molar-refractivity contribution is 5.89. The predicted octanol–water partition coefficient (Wildman–Crippen LogP) is 3.17. The summed E-state index contributed by atoms with van der Waals surface area (Å²) in [6.07, 6.45) is 4.59. The molecule has 1 fully saturated rings. The van der Waals surface area contributed by atoms with Gasteiger partial charge in [-0.1, -0.05) is 0 Å². The lowest BCUT2D eigenvalue weighted by molar-refractivity contribution is 0.208. The van der Waals surface area contributed by atoms with Crippen molar-refractivity contribution in [1.82, 2.24) is 19.9 Å². The molecule has 1 aliphatic rings. The number of urea groups is 1. The van der Waals surface area contributed by atoms with Crippen molar-refractivity contribution in [1.29, 1.82) is 0 Å². The third kappa shape index (κ3) is 4.29. The molecule has 0 unspecified atom stereocenters. The number of nitrogens with zero attached hydrogens (tertiary/aromatic N) is 5. The van der Waals surface area contributed by atoms with E-state index < -0.39 is 11.6 Å². The number of pyridine rings is 1. The Bertz CT molecular complexity index is 1010. The third-order valence-corrected chi connectivity index (χ3v) is 4.66. The van der Waals surface area contributed by atoms with Crippen LogP contribution in [-0.4, -0.2) is 52.1 Å². The Morgan fingerprint density at radius 2 is 1.86 bits per heavy atom. The minimum absolute atomic E-state index is 0.186. The van der Waals surface area contributed by atoms with Gasteiger partial charge in [-0.05, 0) is 24.3 Å². The van der Waals surface area contributed by atoms with E-state index in [2.05, 4.69) is 20.3 Å². The van der Waals surface area contributed by atoms with Gasteiger partial charge in [-0.2, -0.15) is 0 Å². The zero-order chi connectivity index (χ0) is 20.2. The first-order valence-electron chi connectivity index (χ1n) is 9.08. The maximum Gasteiger partial charge on any atom is 0.322 e. The summed E-state index contributed by atoms with van der Waals surface area (Å²) >= 11 is 0. The van der Waals surface area contributed by atoms with E-state index in [9.17, 15) is 13.6 Å². The van der Waals surface area contributed by atoms with Gasteiger partial charge in [-0.25, -0.2) is 23.5 Å². The van der Waals surface area contributed by atoms with Gasteiger partial charge in [-0.15, -0.1) is 0 Å². The van der Waals surface area contributed by atoms with Crippen LogP contribution in [0.3, 0.4) is 0 Å². The average molecular weight is 396 g/mol. The number of carbonyl (C=O) groups is 1. The van der Waals surface area contributed by atoms with Crippen molar-refractivity contribution >= 4 is 17.5 Å². The summed E-state index contributed by atoms with van der Waals surface area (Å²) in [6.45, 7) is 2.16. The number of anilines is 2. The molecule has 1 N–H and O–H groups in total. The predicted molar refractivity (Wildman–Crippen MR) is 104 cm³/mol. The summed E-state index contributed by atoms with van der Waals surface area (Å²) in [6, 6.07) is 8.40. The van der Waals surface area contributed by atoms with Crippen molar-refractivity contribution < 1.29 is 13.6 Å². The molecule has 0 saturated carbocycles. The number of hydrogen-bond acceptors (Lipinski definition) is 5. The number of rotatable bonds is 3. The van der Waals surface area contributed by atoms with Crippen LogP contribution in [0.4, 0.5) is 25.1 Å². The molecule has 9 heteroatoms. The van der Waals surface area contributed by atoms with Crippen LogP contribution in [0.15, 0.2) is 55.1 Å². The zero-order valence-corrected chi connectivity index (χ0v) is 15.4. The Morgan fingerprint density at radius 3 is 2.59 bits per heavy atom. The minimum atomic E-state index is -0.674. The molecule has 0 radical (unpaired) electrons. The SMILES string of the molecule is O=C(Nc1cccnc1)N1CCN(c2cc(-c3ccc(F)cc3F)ncn2)CC1. The average Bonchev–Trinajstić information content (AvgIpc) is 2.75. The zero-order valence-electron chi connectivity index (χ0n) is 15.4. The van der Waals surface area contributed by atoms with Crippen LogP contribution >= 0.6 is 0 Å². The van der Waals surface area contributed by atoms with Crippen molar-refractivity contribution in [3.05, 3.63) is 66.8 Å². The van der Waals surface area contributed by atoms with Crippen LogP contribution in [0.1, 0.15) is 0 Å². The molecule has 0 aliphatic carbocycles. The second kappa shape index (κ2) is 8.17. The van der Waals surface area contributed by atoms with E-state index in [1.807, 2.05) is 4.90 Å². The monoisotopic (exact) mass is 396 g/mol. The highest BCUT2D eigenvalue weighted by Crippen LogP contribution is 2.24. The summed E-state index contributed by atoms with van der Waals surface area (Å²) in [4.78, 5) is 28.4. The number of amides is 2. The van der Waals surface area contributed by atoms with E-state index >= 15 is 0 Å². The summed E-state index contributed by atoms with van der Waals surface area (Å²) in [7, 11) is 0. The number of piperazine rings is 1. The number of hydrogen-bond donors (Lipinski definition) is 1. The maximum absolute atomic E-state index is 14.1. The second-order valence-corrected chi connectivity index (χ2v) is 6.53. The van der Waals surface area contributed by atoms with Crippen LogP contribution in [0, 0.1) is 11.6 Å². The van der Waals surface area contributed by atoms with Crippen LogP contribution in [-0.2, 0) is 0 Å². The van der Waals surface area contributed by atoms with E-state index in [1.54, 1.807) is 35.5 Å². The van der Waals surface area contributed by atoms with Crippen LogP contribution < -0.4 is 10.2 Å². The number of aromatic nitrogens is 3. The highest BCUT2D eigenvalue weighted by Gasteiger charge is 2.22. The minimum Gasteiger partial charge on any atom is -0.353 e. The highest BCUT2D eigenvalue weighted by atomic mass is 19.1. The summed E-state index contributed by atoms with van der Waals surface area (Å²) in [5, 5.41) is 2.82. The molecule has 1 aliphatic heterocycles. The summed E-state index contributed by atoms with van der Waals surface area (Å²) in [5.41, 5.74) is 1.23. The van der Waals surface area contributed by atoms with Crippen molar-refractivity contribution in [2.75, 3.05) is 36.4 Å². The molecule has 0 bridgehead atoms. The molecule has 1 aromatic carbocycles. The molecule has 0 atom stereocenters. The lowest BCUT2D eigenvalue weighted by Crippen LogP contribution is -2.50. The van der Waals surface area contributed by atoms with Crippen molar-refractivity contribution in [3.63, 3.8) is 0 Å². The fourth-order valence-corrected chi connectivity index (χ4v) is 3.14. The Kier molecular flexibility index (Phi) is 5.28. The van der Waals surface area contributed by atoms with Gasteiger partial charge in [-0.3, -0.25) is 4.98 Å². The van der Waals surface area contributed by atoms with Crippen molar-refractivity contribution in [2.24, 2.45) is 0 Å². The van der Waals surface area contributed by atoms with Gasteiger partial charge >= 0.3 is 6.03 Å². The largest absolute Gasteiger partial charge is 0.353 e. The van der Waals surface area contributed by atoms with Crippen LogP contribution in [0.25, 0.3) is 11.3 Å². The Labute approximate surface area is 166 Å². The second-order valence-electron chi connectivity index (χ2n) is 6.53. The first kappa shape index (κ1) is 18.7. The van der Waals surface area contributed by atoms with Gasteiger partial charge in [0.2, 0.25) is 0 Å². The standard InChI is InChI=1S/C20H18F2N6O/c21-14-3-4-16(17(22)10-14)18-11-19(25-13-24-18)27-6-8-28(9-7-27)20(29)26-15-2-1-5-23-12-15/h1-5,10-13H,6-9H2,(H,26,29). The van der Waals surface area contributed by atoms with Crippen molar-refractivity contribution in [2.45, 2.75) is 0 Å². The first-order valence-corrected chi connectivity index (χ1v) is 9.08. The Morgan fingerprint density at radius 1 is 1.03 bits per heavy atom. The molecule has 7 nitrogen and oxygen atoms in total.